The molecule has 8 amide bonds. The van der Waals surface area contributed by atoms with Crippen molar-refractivity contribution in [3.8, 4) is 11.5 Å². The summed E-state index contributed by atoms with van der Waals surface area (Å²) in [6.45, 7) is 4.63. The van der Waals surface area contributed by atoms with Gasteiger partial charge in [-0.15, -0.1) is 0 Å². The first-order valence-corrected chi connectivity index (χ1v) is 32.2. The molecule has 100 heavy (non-hydrogen) atoms. The lowest BCUT2D eigenvalue weighted by Crippen LogP contribution is -2.22. The van der Waals surface area contributed by atoms with Crippen molar-refractivity contribution in [2.75, 3.05) is 70.0 Å². The molecular weight excluding hydrogens is 1280 g/mol. The van der Waals surface area contributed by atoms with Crippen molar-refractivity contribution in [1.82, 2.24) is 9.97 Å². The highest BCUT2D eigenvalue weighted by molar-refractivity contribution is 6.18. The Morgan fingerprint density at radius 1 is 0.280 bits per heavy atom. The first-order valence-electron chi connectivity index (χ1n) is 32.2. The van der Waals surface area contributed by atoms with Crippen LogP contribution in [0.15, 0.2) is 194 Å². The number of amides is 8. The maximum atomic E-state index is 14.3. The highest BCUT2D eigenvalue weighted by Gasteiger charge is 2.26. The van der Waals surface area contributed by atoms with E-state index in [4.69, 9.17) is 18.9 Å². The Balaban J connectivity index is 0.831. The smallest absolute Gasteiger partial charge is 0.340 e. The van der Waals surface area contributed by atoms with Gasteiger partial charge < -0.3 is 61.5 Å². The molecular formula is C76H72N10O14. The average Bonchev–Trinajstić information content (AvgIpc) is 0.821. The number of hydrogen-bond acceptors (Lipinski definition) is 16. The molecule has 24 nitrogen and oxygen atoms in total. The number of nitrogens with one attached hydrogen (secondary N) is 8. The van der Waals surface area contributed by atoms with E-state index in [1.807, 2.05) is 0 Å². The Morgan fingerprint density at radius 3 is 0.810 bits per heavy atom. The number of esters is 2. The number of methoxy groups -OCH3 is 2. The summed E-state index contributed by atoms with van der Waals surface area (Å²) in [6.07, 6.45) is 7.35. The van der Waals surface area contributed by atoms with Crippen LogP contribution in [0.4, 0.5) is 45.5 Å². The molecule has 0 bridgehead atoms. The first kappa shape index (κ1) is 71.4. The third-order valence-corrected chi connectivity index (χ3v) is 15.4. The van der Waals surface area contributed by atoms with Crippen molar-refractivity contribution in [3.63, 3.8) is 0 Å². The predicted octanol–water partition coefficient (Wildman–Crippen LogP) is 14.0. The molecule has 0 fully saturated rings. The molecule has 0 aliphatic heterocycles. The van der Waals surface area contributed by atoms with Crippen molar-refractivity contribution in [3.05, 3.63) is 250 Å². The summed E-state index contributed by atoms with van der Waals surface area (Å²) in [6, 6.07) is 48.6. The molecule has 0 radical (unpaired) electrons. The highest BCUT2D eigenvalue weighted by atomic mass is 16.5. The molecule has 9 aromatic rings. The number of benzene rings is 7. The summed E-state index contributed by atoms with van der Waals surface area (Å²) in [5.74, 6) is -6.79. The fourth-order valence-electron chi connectivity index (χ4n) is 10.2. The van der Waals surface area contributed by atoms with Crippen LogP contribution in [0.3, 0.4) is 0 Å². The SMILES string of the molecule is CCCCCCOC(=O)c1ccccc1NC(=O)c1ccccc1NC(=O)c1cccc(C(=O)Nc2ccccc2C(=O)Nc2cc(NC(=O)c3ccccc3NC(=O)c3cccc(C(=O)Nc4ccccc4C(=O)Nc4ccccc4C(=O)OCCCCCC)n3)c(OC)cc2OC)n1. The van der Waals surface area contributed by atoms with E-state index in [0.29, 0.717) is 12.8 Å². The highest BCUT2D eigenvalue weighted by Crippen LogP contribution is 2.38. The lowest BCUT2D eigenvalue weighted by atomic mass is 10.1. The van der Waals surface area contributed by atoms with Gasteiger partial charge in [0.1, 0.15) is 34.3 Å². The molecule has 2 aromatic heterocycles. The molecule has 7 aromatic carbocycles. The van der Waals surface area contributed by atoms with E-state index in [1.165, 1.54) is 111 Å². The number of carbonyl (C=O) groups is 10. The molecule has 24 heteroatoms. The quantitative estimate of drug-likeness (QED) is 0.0153. The number of anilines is 8. The van der Waals surface area contributed by atoms with E-state index in [2.05, 4.69) is 66.3 Å². The van der Waals surface area contributed by atoms with E-state index >= 15 is 0 Å². The van der Waals surface area contributed by atoms with Crippen LogP contribution in [-0.4, -0.2) is 96.6 Å². The van der Waals surface area contributed by atoms with Crippen LogP contribution < -0.4 is 52.0 Å². The molecule has 8 N–H and O–H groups in total. The molecule has 0 aliphatic rings. The van der Waals surface area contributed by atoms with Crippen LogP contribution in [0.2, 0.25) is 0 Å². The largest absolute Gasteiger partial charge is 0.494 e. The van der Waals surface area contributed by atoms with E-state index in [9.17, 15) is 47.9 Å². The zero-order chi connectivity index (χ0) is 70.9. The van der Waals surface area contributed by atoms with Gasteiger partial charge in [0.2, 0.25) is 0 Å². The fourth-order valence-corrected chi connectivity index (χ4v) is 10.2. The Hall–Kier alpha value is -12.9. The second-order valence-electron chi connectivity index (χ2n) is 22.4. The van der Waals surface area contributed by atoms with Gasteiger partial charge in [-0.1, -0.05) is 137 Å². The molecule has 510 valence electrons. The summed E-state index contributed by atoms with van der Waals surface area (Å²) < 4.78 is 22.2. The lowest BCUT2D eigenvalue weighted by Gasteiger charge is -2.18. The number of ether oxygens (including phenoxy) is 4. The third-order valence-electron chi connectivity index (χ3n) is 15.4. The van der Waals surface area contributed by atoms with Crippen molar-refractivity contribution < 1.29 is 66.9 Å². The average molecular weight is 1350 g/mol. The predicted molar refractivity (Wildman–Crippen MR) is 379 cm³/mol. The van der Waals surface area contributed by atoms with Gasteiger partial charge in [-0.05, 0) is 116 Å². The molecule has 0 aliphatic carbocycles. The van der Waals surface area contributed by atoms with Crippen LogP contribution in [0.1, 0.15) is 169 Å². The maximum absolute atomic E-state index is 14.3. The van der Waals surface area contributed by atoms with Gasteiger partial charge in [0.05, 0.1) is 106 Å². The van der Waals surface area contributed by atoms with Crippen molar-refractivity contribution in [2.45, 2.75) is 65.2 Å². The second kappa shape index (κ2) is 35.2. The zero-order valence-electron chi connectivity index (χ0n) is 55.2. The Bertz CT molecular complexity index is 4260. The normalized spacial score (nSPS) is 10.6. The number of aromatic nitrogens is 2. The molecule has 2 heterocycles. The number of hydrogen-bond donors (Lipinski definition) is 8. The van der Waals surface area contributed by atoms with Gasteiger partial charge in [-0.3, -0.25) is 38.4 Å². The Kier molecular flexibility index (Phi) is 25.2. The number of rotatable bonds is 30. The van der Waals surface area contributed by atoms with Gasteiger partial charge in [0.15, 0.2) is 0 Å². The summed E-state index contributed by atoms with van der Waals surface area (Å²) >= 11 is 0. The maximum Gasteiger partial charge on any atom is 0.340 e. The lowest BCUT2D eigenvalue weighted by molar-refractivity contribution is 0.0489. The molecule has 0 saturated heterocycles. The van der Waals surface area contributed by atoms with E-state index < -0.39 is 59.2 Å². The van der Waals surface area contributed by atoms with E-state index in [-0.39, 0.29) is 126 Å². The molecule has 9 rings (SSSR count). The summed E-state index contributed by atoms with van der Waals surface area (Å²) in [5, 5.41) is 21.8. The Labute approximate surface area is 576 Å². The molecule has 0 atom stereocenters. The van der Waals surface area contributed by atoms with Gasteiger partial charge in [0.25, 0.3) is 47.3 Å². The van der Waals surface area contributed by atoms with E-state index in [1.54, 1.807) is 97.1 Å². The first-order chi connectivity index (χ1) is 48.6. The van der Waals surface area contributed by atoms with Gasteiger partial charge in [-0.25, -0.2) is 19.6 Å². The molecule has 0 unspecified atom stereocenters. The Morgan fingerprint density at radius 2 is 0.530 bits per heavy atom. The topological polar surface area (TPSA) is 330 Å². The minimum atomic E-state index is -0.791. The van der Waals surface area contributed by atoms with Crippen molar-refractivity contribution in [2.24, 2.45) is 0 Å². The number of pyridine rings is 2. The van der Waals surface area contributed by atoms with Crippen molar-refractivity contribution >= 4 is 105 Å². The van der Waals surface area contributed by atoms with Crippen LogP contribution >= 0.6 is 0 Å². The van der Waals surface area contributed by atoms with Gasteiger partial charge >= 0.3 is 11.9 Å². The number of para-hydroxylation sites is 6. The van der Waals surface area contributed by atoms with Crippen molar-refractivity contribution in [1.29, 1.82) is 0 Å². The number of unbranched alkanes of at least 4 members (excludes halogenated alkanes) is 6. The van der Waals surface area contributed by atoms with Gasteiger partial charge in [0, 0.05) is 6.07 Å². The summed E-state index contributed by atoms with van der Waals surface area (Å²) in [7, 11) is 2.70. The van der Waals surface area contributed by atoms with Crippen LogP contribution in [-0.2, 0) is 9.47 Å². The zero-order valence-corrected chi connectivity index (χ0v) is 55.2. The van der Waals surface area contributed by atoms with Gasteiger partial charge in [-0.2, -0.15) is 0 Å². The summed E-state index contributed by atoms with van der Waals surface area (Å²) in [4.78, 5) is 146. The number of carbonyl (C=O) groups excluding carboxylic acids is 10. The minimum absolute atomic E-state index is 0.0201. The second-order valence-corrected chi connectivity index (χ2v) is 22.4. The number of nitrogens with zero attached hydrogens (tertiary/aromatic N) is 2. The van der Waals surface area contributed by atoms with Crippen LogP contribution in [0, 0.1) is 0 Å². The fraction of sp³-hybridized carbons (Fsp3) is 0.184. The van der Waals surface area contributed by atoms with E-state index in [0.717, 1.165) is 38.5 Å². The summed E-state index contributed by atoms with van der Waals surface area (Å²) in [5.41, 5.74) is 0.455. The molecule has 0 spiro atoms. The van der Waals surface area contributed by atoms with Crippen LogP contribution in [0.25, 0.3) is 0 Å². The van der Waals surface area contributed by atoms with Crippen LogP contribution in [0.5, 0.6) is 11.5 Å². The minimum Gasteiger partial charge on any atom is -0.494 e. The monoisotopic (exact) mass is 1350 g/mol. The third kappa shape index (κ3) is 18.8. The molecule has 0 saturated carbocycles. The standard InChI is InChI=1S/C76H72N10O14/c1-5-7-9-23-43-99-75(95)51-31-15-21-37-57(51)79-67(87)47-27-11-17-33-53(47)81-71(91)59-39-25-41-61(77-59)73(93)83-55-35-19-13-29-49(55)69(89)85-63-45-64(66(98-4)46-65(63)97-3)86-70(90)50-30-14-20-36-56(50)84-74(94)62-42-26-40-60(78-62)72(92)82-54-34-18-12-28-48(54)68(88)80-58-38-22-16-32-52(58)76(96)100-44-24-10-8-6-2/h11-22,25-42,45-46H,5-10,23-24,43-44H2,1-4H3,(H,79,87)(H,80,88)(H,81,91)(H,82,92)(H,83,93)(H,84,94)(H,85,89)(H,86,90).